The van der Waals surface area contributed by atoms with Gasteiger partial charge in [0.1, 0.15) is 5.75 Å². The molecule has 0 heterocycles. The summed E-state index contributed by atoms with van der Waals surface area (Å²) in [6, 6.07) is 17.3. The lowest BCUT2D eigenvalue weighted by Gasteiger charge is -2.18. The normalized spacial score (nSPS) is 13.0. The molecule has 1 amide bonds. The molecular formula is C23H27NO4. The molecule has 0 aliphatic rings. The minimum absolute atomic E-state index is 0.223. The molecule has 0 saturated carbocycles. The van der Waals surface area contributed by atoms with E-state index in [1.807, 2.05) is 48.5 Å². The zero-order valence-electron chi connectivity index (χ0n) is 16.6. The Balaban J connectivity index is 1.83. The highest BCUT2D eigenvalue weighted by Gasteiger charge is 2.18. The van der Waals surface area contributed by atoms with E-state index in [9.17, 15) is 9.59 Å². The van der Waals surface area contributed by atoms with Crippen molar-refractivity contribution < 1.29 is 19.1 Å². The van der Waals surface area contributed by atoms with Gasteiger partial charge >= 0.3 is 5.97 Å². The molecule has 148 valence electrons. The van der Waals surface area contributed by atoms with Crippen molar-refractivity contribution in [3.63, 3.8) is 0 Å². The van der Waals surface area contributed by atoms with E-state index < -0.39 is 12.1 Å². The quantitative estimate of drug-likeness (QED) is 0.528. The highest BCUT2D eigenvalue weighted by molar-refractivity contribution is 5.90. The molecule has 0 radical (unpaired) electrons. The Morgan fingerprint density at radius 1 is 1.11 bits per heavy atom. The zero-order valence-corrected chi connectivity index (χ0v) is 16.6. The van der Waals surface area contributed by atoms with Crippen LogP contribution in [0.5, 0.6) is 5.75 Å². The molecule has 2 aromatic rings. The lowest BCUT2D eigenvalue weighted by atomic mass is 9.96. The van der Waals surface area contributed by atoms with Gasteiger partial charge in [-0.2, -0.15) is 0 Å². The molecule has 2 aromatic carbocycles. The average molecular weight is 381 g/mol. The second-order valence-corrected chi connectivity index (χ2v) is 6.45. The number of benzene rings is 2. The van der Waals surface area contributed by atoms with Gasteiger partial charge in [-0.25, -0.2) is 4.79 Å². The summed E-state index contributed by atoms with van der Waals surface area (Å²) in [6.45, 7) is 4.15. The number of carbonyl (C=O) groups excluding carboxylic acids is 2. The number of nitrogens with one attached hydrogen (secondary N) is 1. The van der Waals surface area contributed by atoms with Gasteiger partial charge in [0.25, 0.3) is 5.91 Å². The van der Waals surface area contributed by atoms with Gasteiger partial charge in [0.15, 0.2) is 6.10 Å². The predicted octanol–water partition coefficient (Wildman–Crippen LogP) is 3.95. The third-order valence-electron chi connectivity index (χ3n) is 4.45. The molecule has 0 spiro atoms. The molecule has 2 rings (SSSR count). The molecule has 0 unspecified atom stereocenters. The summed E-state index contributed by atoms with van der Waals surface area (Å²) in [5, 5.41) is 2.87. The zero-order chi connectivity index (χ0) is 20.4. The van der Waals surface area contributed by atoms with Gasteiger partial charge in [0, 0.05) is 18.5 Å². The first-order valence-corrected chi connectivity index (χ1v) is 9.39. The van der Waals surface area contributed by atoms with E-state index in [0.717, 1.165) is 12.0 Å². The Morgan fingerprint density at radius 3 is 2.54 bits per heavy atom. The summed E-state index contributed by atoms with van der Waals surface area (Å²) in [5.41, 5.74) is 1.98. The number of hydrogen-bond donors (Lipinski definition) is 1. The summed E-state index contributed by atoms with van der Waals surface area (Å²) in [7, 11) is 1.58. The minimum atomic E-state index is -0.865. The van der Waals surface area contributed by atoms with Crippen LogP contribution in [0.4, 0.5) is 0 Å². The van der Waals surface area contributed by atoms with E-state index >= 15 is 0 Å². The van der Waals surface area contributed by atoms with Crippen molar-refractivity contribution in [1.29, 1.82) is 0 Å². The van der Waals surface area contributed by atoms with Crippen molar-refractivity contribution in [2.45, 2.75) is 32.3 Å². The number of methoxy groups -OCH3 is 1. The van der Waals surface area contributed by atoms with Crippen LogP contribution in [0.1, 0.15) is 37.3 Å². The standard InChI is InChI=1S/C23H27NO4/c1-4-19(20-10-6-5-7-11-20)16-24-23(26)17(2)28-22(25)14-13-18-9-8-12-21(15-18)27-3/h5-15,17,19H,4,16H2,1-3H3,(H,24,26)/b14-13+/t17-,19-/m0/s1. The number of hydrogen-bond acceptors (Lipinski definition) is 4. The summed E-state index contributed by atoms with van der Waals surface area (Å²) < 4.78 is 10.3. The van der Waals surface area contributed by atoms with Crippen LogP contribution in [0.3, 0.4) is 0 Å². The Hall–Kier alpha value is -3.08. The van der Waals surface area contributed by atoms with Crippen LogP contribution >= 0.6 is 0 Å². The van der Waals surface area contributed by atoms with E-state index in [0.29, 0.717) is 12.3 Å². The van der Waals surface area contributed by atoms with Gasteiger partial charge in [-0.05, 0) is 42.7 Å². The number of amides is 1. The van der Waals surface area contributed by atoms with Crippen molar-refractivity contribution in [1.82, 2.24) is 5.32 Å². The fourth-order valence-corrected chi connectivity index (χ4v) is 2.77. The van der Waals surface area contributed by atoms with Gasteiger partial charge in [-0.15, -0.1) is 0 Å². The average Bonchev–Trinajstić information content (AvgIpc) is 2.73. The monoisotopic (exact) mass is 381 g/mol. The Morgan fingerprint density at radius 2 is 1.86 bits per heavy atom. The first-order chi connectivity index (χ1) is 13.5. The van der Waals surface area contributed by atoms with Crippen LogP contribution < -0.4 is 10.1 Å². The van der Waals surface area contributed by atoms with Crippen LogP contribution in [0.2, 0.25) is 0 Å². The van der Waals surface area contributed by atoms with Gasteiger partial charge in [0.2, 0.25) is 0 Å². The van der Waals surface area contributed by atoms with Crippen molar-refractivity contribution in [3.05, 3.63) is 71.8 Å². The van der Waals surface area contributed by atoms with E-state index in [1.165, 1.54) is 11.6 Å². The Labute approximate surface area is 166 Å². The second-order valence-electron chi connectivity index (χ2n) is 6.45. The molecule has 0 aliphatic heterocycles. The first-order valence-electron chi connectivity index (χ1n) is 9.39. The third kappa shape index (κ3) is 6.58. The van der Waals surface area contributed by atoms with E-state index in [2.05, 4.69) is 12.2 Å². The van der Waals surface area contributed by atoms with Crippen LogP contribution in [0, 0.1) is 0 Å². The third-order valence-corrected chi connectivity index (χ3v) is 4.45. The largest absolute Gasteiger partial charge is 0.497 e. The highest BCUT2D eigenvalue weighted by atomic mass is 16.5. The Kier molecular flexibility index (Phi) is 8.28. The molecule has 0 fully saturated rings. The molecule has 0 aromatic heterocycles. The van der Waals surface area contributed by atoms with Crippen molar-refractivity contribution in [2.75, 3.05) is 13.7 Å². The van der Waals surface area contributed by atoms with Crippen LogP contribution in [0.15, 0.2) is 60.7 Å². The smallest absolute Gasteiger partial charge is 0.331 e. The molecule has 28 heavy (non-hydrogen) atoms. The van der Waals surface area contributed by atoms with Gasteiger partial charge in [-0.3, -0.25) is 4.79 Å². The van der Waals surface area contributed by atoms with Crippen molar-refractivity contribution in [3.8, 4) is 5.75 Å². The van der Waals surface area contributed by atoms with E-state index in [4.69, 9.17) is 9.47 Å². The fraction of sp³-hybridized carbons (Fsp3) is 0.304. The number of carbonyl (C=O) groups is 2. The van der Waals surface area contributed by atoms with Gasteiger partial charge in [-0.1, -0.05) is 49.4 Å². The summed E-state index contributed by atoms with van der Waals surface area (Å²) >= 11 is 0. The highest BCUT2D eigenvalue weighted by Crippen LogP contribution is 2.18. The number of rotatable bonds is 9. The molecule has 0 saturated heterocycles. The Bertz CT molecular complexity index is 801. The van der Waals surface area contributed by atoms with Gasteiger partial charge < -0.3 is 14.8 Å². The number of ether oxygens (including phenoxy) is 2. The van der Waals surface area contributed by atoms with Crippen LogP contribution in [0.25, 0.3) is 6.08 Å². The summed E-state index contributed by atoms with van der Waals surface area (Å²) in [5.74, 6) is 0.0475. The lowest BCUT2D eigenvalue weighted by Crippen LogP contribution is -2.37. The SMILES string of the molecule is CC[C@@H](CNC(=O)[C@H](C)OC(=O)/C=C/c1cccc(OC)c1)c1ccccc1. The van der Waals surface area contributed by atoms with Crippen LogP contribution in [-0.4, -0.2) is 31.6 Å². The summed E-state index contributed by atoms with van der Waals surface area (Å²) in [4.78, 5) is 24.2. The van der Waals surface area contributed by atoms with E-state index in [-0.39, 0.29) is 11.8 Å². The maximum Gasteiger partial charge on any atom is 0.331 e. The maximum atomic E-state index is 12.3. The molecule has 1 N–H and O–H groups in total. The van der Waals surface area contributed by atoms with Crippen LogP contribution in [-0.2, 0) is 14.3 Å². The summed E-state index contributed by atoms with van der Waals surface area (Å²) in [6.07, 6.45) is 2.97. The van der Waals surface area contributed by atoms with Crippen molar-refractivity contribution in [2.24, 2.45) is 0 Å². The molecular weight excluding hydrogens is 354 g/mol. The van der Waals surface area contributed by atoms with Crippen molar-refractivity contribution >= 4 is 18.0 Å². The molecule has 2 atom stereocenters. The molecule has 0 aliphatic carbocycles. The fourth-order valence-electron chi connectivity index (χ4n) is 2.77. The van der Waals surface area contributed by atoms with E-state index in [1.54, 1.807) is 26.2 Å². The first kappa shape index (κ1) is 21.2. The maximum absolute atomic E-state index is 12.3. The molecule has 5 nitrogen and oxygen atoms in total. The lowest BCUT2D eigenvalue weighted by molar-refractivity contribution is -0.150. The topological polar surface area (TPSA) is 64.6 Å². The molecule has 0 bridgehead atoms. The molecule has 5 heteroatoms. The second kappa shape index (κ2) is 10.9. The number of esters is 1. The van der Waals surface area contributed by atoms with Gasteiger partial charge in [0.05, 0.1) is 7.11 Å². The predicted molar refractivity (Wildman–Crippen MR) is 110 cm³/mol. The minimum Gasteiger partial charge on any atom is -0.497 e.